The van der Waals surface area contributed by atoms with Crippen LogP contribution in [0.4, 0.5) is 0 Å². The molecule has 0 aliphatic rings. The van der Waals surface area contributed by atoms with E-state index in [2.05, 4.69) is 55.5 Å². The lowest BCUT2D eigenvalue weighted by molar-refractivity contribution is 0.425. The Bertz CT molecular complexity index is 303. The van der Waals surface area contributed by atoms with Crippen LogP contribution in [0.3, 0.4) is 0 Å². The van der Waals surface area contributed by atoms with Gasteiger partial charge in [-0.1, -0.05) is 19.6 Å². The number of hydrogen-bond donors (Lipinski definition) is 1. The van der Waals surface area contributed by atoms with E-state index in [1.165, 1.54) is 5.70 Å². The Labute approximate surface area is 106 Å². The first-order chi connectivity index (χ1) is 8.14. The number of rotatable bonds is 8. The highest BCUT2D eigenvalue weighted by Crippen LogP contribution is 2.14. The van der Waals surface area contributed by atoms with E-state index >= 15 is 0 Å². The predicted octanol–water partition coefficient (Wildman–Crippen LogP) is 2.59. The van der Waals surface area contributed by atoms with Crippen molar-refractivity contribution in [1.29, 1.82) is 0 Å². The zero-order chi connectivity index (χ0) is 13.3. The van der Waals surface area contributed by atoms with E-state index in [1.54, 1.807) is 0 Å². The molecule has 3 nitrogen and oxygen atoms in total. The fourth-order valence-electron chi connectivity index (χ4n) is 1.59. The summed E-state index contributed by atoms with van der Waals surface area (Å²) >= 11 is 0. The molecule has 0 amide bonds. The van der Waals surface area contributed by atoms with Gasteiger partial charge in [0.25, 0.3) is 0 Å². The summed E-state index contributed by atoms with van der Waals surface area (Å²) in [6.07, 6.45) is 6.84. The summed E-state index contributed by atoms with van der Waals surface area (Å²) in [5, 5.41) is 3.00. The van der Waals surface area contributed by atoms with E-state index in [9.17, 15) is 0 Å². The molecule has 0 heterocycles. The predicted molar refractivity (Wildman–Crippen MR) is 77.4 cm³/mol. The molecule has 0 bridgehead atoms. The summed E-state index contributed by atoms with van der Waals surface area (Å²) in [6, 6.07) is -0.0381. The van der Waals surface area contributed by atoms with Crippen LogP contribution in [-0.4, -0.2) is 38.3 Å². The molecule has 96 valence electrons. The van der Waals surface area contributed by atoms with Gasteiger partial charge < -0.3 is 10.2 Å². The van der Waals surface area contributed by atoms with Crippen LogP contribution < -0.4 is 5.32 Å². The van der Waals surface area contributed by atoms with Crippen molar-refractivity contribution in [2.45, 2.75) is 26.3 Å². The van der Waals surface area contributed by atoms with Gasteiger partial charge >= 0.3 is 0 Å². The highest BCUT2D eigenvalue weighted by atomic mass is 15.1. The summed E-state index contributed by atoms with van der Waals surface area (Å²) in [7, 11) is 3.96. The zero-order valence-corrected chi connectivity index (χ0v) is 11.5. The normalized spacial score (nSPS) is 14.1. The molecule has 0 spiro atoms. The first-order valence-corrected chi connectivity index (χ1v) is 6.01. The molecule has 1 atom stereocenters. The molecule has 1 N–H and O–H groups in total. The van der Waals surface area contributed by atoms with Gasteiger partial charge in [0.05, 0.1) is 6.04 Å². The highest BCUT2D eigenvalue weighted by molar-refractivity contribution is 5.35. The molecule has 0 aromatic heterocycles. The van der Waals surface area contributed by atoms with Crippen molar-refractivity contribution < 1.29 is 0 Å². The largest absolute Gasteiger partial charge is 0.394 e. The van der Waals surface area contributed by atoms with Crippen LogP contribution in [0.5, 0.6) is 0 Å². The van der Waals surface area contributed by atoms with Crippen LogP contribution in [0.15, 0.2) is 41.2 Å². The molecule has 0 radical (unpaired) electrons. The first kappa shape index (κ1) is 15.5. The molecule has 0 rings (SSSR count). The van der Waals surface area contributed by atoms with Gasteiger partial charge in [-0.3, -0.25) is 4.99 Å². The number of nitrogens with zero attached hydrogens (tertiary/aromatic N) is 2. The molecule has 0 aromatic rings. The average molecular weight is 235 g/mol. The van der Waals surface area contributed by atoms with Gasteiger partial charge in [-0.15, -0.1) is 0 Å². The third-order valence-corrected chi connectivity index (χ3v) is 2.76. The number of aliphatic imine (C=N–C) groups is 1. The SMILES string of the molecule is C=C/C(=C\NC)C(/C=C(/CC)N(C)CC)N=C. The Kier molecular flexibility index (Phi) is 7.85. The minimum Gasteiger partial charge on any atom is -0.394 e. The van der Waals surface area contributed by atoms with E-state index < -0.39 is 0 Å². The third-order valence-electron chi connectivity index (χ3n) is 2.76. The van der Waals surface area contributed by atoms with Gasteiger partial charge in [0.15, 0.2) is 0 Å². The fourth-order valence-corrected chi connectivity index (χ4v) is 1.59. The molecular formula is C14H25N3. The van der Waals surface area contributed by atoms with E-state index in [1.807, 2.05) is 19.3 Å². The van der Waals surface area contributed by atoms with E-state index in [-0.39, 0.29) is 6.04 Å². The van der Waals surface area contributed by atoms with Crippen LogP contribution in [0, 0.1) is 0 Å². The molecule has 17 heavy (non-hydrogen) atoms. The van der Waals surface area contributed by atoms with Crippen molar-refractivity contribution >= 4 is 6.72 Å². The van der Waals surface area contributed by atoms with Crippen molar-refractivity contribution in [1.82, 2.24) is 10.2 Å². The topological polar surface area (TPSA) is 27.6 Å². The van der Waals surface area contributed by atoms with Crippen LogP contribution >= 0.6 is 0 Å². The number of allylic oxidation sites excluding steroid dienone is 1. The Morgan fingerprint density at radius 2 is 2.12 bits per heavy atom. The van der Waals surface area contributed by atoms with Gasteiger partial charge in [0.2, 0.25) is 0 Å². The standard InChI is InChI=1S/C14H25N3/c1-7-12(11-15-4)14(16-5)10-13(8-2)17(6)9-3/h7,10-11,14-15H,1,5,8-9H2,2-4,6H3/b12-11+,13-10-. The van der Waals surface area contributed by atoms with Crippen molar-refractivity contribution in [3.63, 3.8) is 0 Å². The van der Waals surface area contributed by atoms with Crippen LogP contribution in [0.2, 0.25) is 0 Å². The molecule has 0 fully saturated rings. The Morgan fingerprint density at radius 3 is 2.47 bits per heavy atom. The summed E-state index contributed by atoms with van der Waals surface area (Å²) in [5.74, 6) is 0. The summed E-state index contributed by atoms with van der Waals surface area (Å²) in [5.41, 5.74) is 2.30. The van der Waals surface area contributed by atoms with Crippen molar-refractivity contribution in [2.75, 3.05) is 20.6 Å². The van der Waals surface area contributed by atoms with Gasteiger partial charge in [-0.25, -0.2) is 0 Å². The second-order valence-corrected chi connectivity index (χ2v) is 3.79. The molecule has 3 heteroatoms. The molecule has 0 aromatic carbocycles. The fraction of sp³-hybridized carbons (Fsp3) is 0.500. The van der Waals surface area contributed by atoms with Crippen molar-refractivity contribution in [3.8, 4) is 0 Å². The Balaban J connectivity index is 5.11. The summed E-state index contributed by atoms with van der Waals surface area (Å²) < 4.78 is 0. The second-order valence-electron chi connectivity index (χ2n) is 3.79. The van der Waals surface area contributed by atoms with E-state index in [4.69, 9.17) is 0 Å². The lowest BCUT2D eigenvalue weighted by Gasteiger charge is -2.21. The van der Waals surface area contributed by atoms with Crippen molar-refractivity contribution in [3.05, 3.63) is 36.2 Å². The number of hydrogen-bond acceptors (Lipinski definition) is 3. The van der Waals surface area contributed by atoms with E-state index in [0.717, 1.165) is 18.5 Å². The third kappa shape index (κ3) is 4.89. The number of nitrogens with one attached hydrogen (secondary N) is 1. The summed E-state index contributed by atoms with van der Waals surface area (Å²) in [6.45, 7) is 12.7. The molecule has 0 aliphatic carbocycles. The molecule has 0 saturated heterocycles. The second kappa shape index (κ2) is 8.62. The van der Waals surface area contributed by atoms with Crippen LogP contribution in [0.1, 0.15) is 20.3 Å². The van der Waals surface area contributed by atoms with Gasteiger partial charge in [0.1, 0.15) is 0 Å². The van der Waals surface area contributed by atoms with E-state index in [0.29, 0.717) is 0 Å². The monoisotopic (exact) mass is 235 g/mol. The van der Waals surface area contributed by atoms with Crippen LogP contribution in [0.25, 0.3) is 0 Å². The minimum atomic E-state index is -0.0381. The van der Waals surface area contributed by atoms with Gasteiger partial charge in [0, 0.05) is 32.5 Å². The molecule has 0 saturated carbocycles. The molecule has 0 aliphatic heterocycles. The van der Waals surface area contributed by atoms with Crippen LogP contribution in [-0.2, 0) is 0 Å². The maximum atomic E-state index is 4.15. The lowest BCUT2D eigenvalue weighted by Crippen LogP contribution is -2.19. The quantitative estimate of drug-likeness (QED) is 0.517. The zero-order valence-electron chi connectivity index (χ0n) is 11.5. The van der Waals surface area contributed by atoms with Gasteiger partial charge in [-0.2, -0.15) is 0 Å². The maximum Gasteiger partial charge on any atom is 0.0956 e. The van der Waals surface area contributed by atoms with Gasteiger partial charge in [-0.05, 0) is 31.7 Å². The molecule has 1 unspecified atom stereocenters. The highest BCUT2D eigenvalue weighted by Gasteiger charge is 2.09. The smallest absolute Gasteiger partial charge is 0.0956 e. The van der Waals surface area contributed by atoms with Crippen molar-refractivity contribution in [2.24, 2.45) is 4.99 Å². The lowest BCUT2D eigenvalue weighted by atomic mass is 10.1. The average Bonchev–Trinajstić information content (AvgIpc) is 2.37. The maximum absolute atomic E-state index is 4.15. The summed E-state index contributed by atoms with van der Waals surface area (Å²) in [4.78, 5) is 6.37. The Morgan fingerprint density at radius 1 is 1.47 bits per heavy atom. The first-order valence-electron chi connectivity index (χ1n) is 6.01. The molecular weight excluding hydrogens is 210 g/mol. The Hall–Kier alpha value is -1.51. The minimum absolute atomic E-state index is 0.0381.